The zero-order valence-corrected chi connectivity index (χ0v) is 78.9. The van der Waals surface area contributed by atoms with Crippen LogP contribution < -0.4 is 60.1 Å². The Hall–Kier alpha value is -13.4. The van der Waals surface area contributed by atoms with Crippen LogP contribution in [0.3, 0.4) is 0 Å². The summed E-state index contributed by atoms with van der Waals surface area (Å²) >= 11 is 0. The molecule has 17 rings (SSSR count). The number of ether oxygens (including phenoxy) is 8. The minimum absolute atomic E-state index is 0. The molecular weight excluding hydrogens is 1890 g/mol. The van der Waals surface area contributed by atoms with E-state index in [9.17, 15) is 78.6 Å². The van der Waals surface area contributed by atoms with Crippen LogP contribution in [0.2, 0.25) is 0 Å². The third-order valence-corrected chi connectivity index (χ3v) is 22.7. The molecule has 0 bridgehead atoms. The minimum Gasteiger partial charge on any atom is -0.507 e. The number of nitrogens with zero attached hydrogens (tertiary/aromatic N) is 16. The van der Waals surface area contributed by atoms with Gasteiger partial charge in [0.1, 0.15) is 81.8 Å². The summed E-state index contributed by atoms with van der Waals surface area (Å²) in [5.74, 6) is 4.15. The van der Waals surface area contributed by atoms with Crippen LogP contribution in [0.25, 0.3) is 42.4 Å². The number of pyridine rings is 2. The molecule has 54 heteroatoms. The molecule has 6 saturated heterocycles. The molecule has 0 aliphatic carbocycles. The molecule has 0 amide bonds. The number of hydrogen-bond acceptors (Lipinski definition) is 41. The Balaban J connectivity index is 0.000000341. The highest BCUT2D eigenvalue weighted by molar-refractivity contribution is 7.88. The number of anilines is 3. The highest BCUT2D eigenvalue weighted by atomic mass is 32.2. The van der Waals surface area contributed by atoms with Crippen LogP contribution in [0.4, 0.5) is 39.3 Å². The Bertz CT molecular complexity index is 5610. The number of methoxy groups -OCH3 is 1. The van der Waals surface area contributed by atoms with Crippen LogP contribution in [0.15, 0.2) is 134 Å². The molecule has 5 aromatic heterocycles. The van der Waals surface area contributed by atoms with Crippen molar-refractivity contribution in [2.75, 3.05) is 187 Å². The van der Waals surface area contributed by atoms with E-state index in [0.29, 0.717) is 108 Å². The molecule has 0 saturated carbocycles. The number of hydrogen-bond donors (Lipinski definition) is 9. The second kappa shape index (κ2) is 64.8. The van der Waals surface area contributed by atoms with Gasteiger partial charge in [-0.3, -0.25) is 38.6 Å². The zero-order chi connectivity index (χ0) is 102. The highest BCUT2D eigenvalue weighted by Gasteiger charge is 2.49. The van der Waals surface area contributed by atoms with Gasteiger partial charge in [-0.05, 0) is 137 Å². The van der Waals surface area contributed by atoms with Gasteiger partial charge in [0.2, 0.25) is 0 Å². The molecule has 0 radical (unpaired) electrons. The van der Waals surface area contributed by atoms with Gasteiger partial charge in [0.05, 0.1) is 134 Å². The molecule has 15 heterocycles. The average Bonchev–Trinajstić information content (AvgIpc) is 0.905. The Morgan fingerprint density at radius 2 is 1.06 bits per heavy atom. The third kappa shape index (κ3) is 40.8. The quantitative estimate of drug-likeness (QED) is 0.00313. The summed E-state index contributed by atoms with van der Waals surface area (Å²) in [6.45, 7) is 21.2. The van der Waals surface area contributed by atoms with E-state index in [1.165, 1.54) is 63.9 Å². The first kappa shape index (κ1) is 120. The number of likely N-dealkylation sites (tertiary alicyclic amines) is 1. The van der Waals surface area contributed by atoms with E-state index in [-0.39, 0.29) is 110 Å². The number of halogens is 5. The molecule has 15 N–H and O–H groups in total. The molecular formula is C87H119F5N24O24S. The number of nitrogens with two attached hydrogens (primary N) is 2. The predicted molar refractivity (Wildman–Crippen MR) is 496 cm³/mol. The monoisotopic (exact) mass is 2010 g/mol. The van der Waals surface area contributed by atoms with Gasteiger partial charge in [-0.15, -0.1) is 11.1 Å². The summed E-state index contributed by atoms with van der Waals surface area (Å²) < 4.78 is 145. The van der Waals surface area contributed by atoms with Crippen molar-refractivity contribution in [3.05, 3.63) is 189 Å². The maximum atomic E-state index is 13.8. The lowest BCUT2D eigenvalue weighted by atomic mass is 9.94. The fourth-order valence-electron chi connectivity index (χ4n) is 14.8. The summed E-state index contributed by atoms with van der Waals surface area (Å²) in [4.78, 5) is 124. The lowest BCUT2D eigenvalue weighted by Crippen LogP contribution is -2.47. The van der Waals surface area contributed by atoms with Crippen LogP contribution in [0.1, 0.15) is 105 Å². The summed E-state index contributed by atoms with van der Waals surface area (Å²) in [7, 11) is -4.63. The third-order valence-electron chi connectivity index (χ3n) is 21.8. The van der Waals surface area contributed by atoms with Crippen molar-refractivity contribution >= 4 is 83.9 Å². The molecule has 10 aliphatic heterocycles. The van der Waals surface area contributed by atoms with Crippen molar-refractivity contribution in [2.24, 2.45) is 39.1 Å². The van der Waals surface area contributed by atoms with Gasteiger partial charge >= 0.3 is 38.5 Å². The van der Waals surface area contributed by atoms with Gasteiger partial charge in [0.15, 0.2) is 11.5 Å². The second-order valence-corrected chi connectivity index (χ2v) is 32.5. The number of benzene rings is 2. The van der Waals surface area contributed by atoms with E-state index >= 15 is 0 Å². The van der Waals surface area contributed by atoms with Crippen LogP contribution in [-0.4, -0.2) is 250 Å². The molecule has 772 valence electrons. The van der Waals surface area contributed by atoms with Crippen molar-refractivity contribution in [1.82, 2.24) is 37.0 Å². The standard InChI is InChI=1S/C24H27FN4O3.C16H21FN4.C9H7F3O6S.C9H15NO.C9H12O5.C8H8O4.C7H10O3.C5H8O2.H3N5.2HN3.N2.2H3N/c25-18-3-2-17-4-7-27-24(19(17)14-18)29-11-9-28(10-12-29)8-1-6-26-21-15-23(30)32-22-5-13-31-16-20(21)22;17-14-3-2-13-4-6-19-16(15(13)12-14)21-10-8-20(9-11-21)7-1-5-18;10-9(11,12)19(14,15)18-7-3-8(13)17-6-1-2-16-4-5(6)7;1-2-6-10(5-1)9-3-7-11-8-4-9;1-13-9(12)4-8(11)6-5-14-3-2-7(6)10;9-6-3-8(10)12-7-1-2-11-4-5(6)7;1-5(8)6-4-10-3-2-7(6)9;6-5-1-3-7-4-2-5;1-3-5-4-2;2*1-3-2;1-2;;/h2-4,7,14-15,26H,1,5-6,8-13,16H2;2-4,6,12H,1,5,7-11,18H2;3H,1-2,4H2;3H,1-2,4-8H2;6H,2-5H2,1H3;3,9H,1-2,4H2;6H,2-4H2,1H3;1-4H2;(H3,1,2,5);2*1H;;2*1H3. The largest absolute Gasteiger partial charge is 0.534 e. The summed E-state index contributed by atoms with van der Waals surface area (Å²) in [6.07, 6.45) is 14.6. The average molecular weight is 2010 g/mol. The van der Waals surface area contributed by atoms with E-state index in [0.717, 1.165) is 167 Å². The molecule has 2 aromatic carbocycles. The van der Waals surface area contributed by atoms with Crippen molar-refractivity contribution in [1.29, 1.82) is 27.4 Å². The molecule has 10 aliphatic rings. The second-order valence-electron chi connectivity index (χ2n) is 30.9. The lowest BCUT2D eigenvalue weighted by Gasteiger charge is -2.36. The first-order chi connectivity index (χ1) is 66.9. The van der Waals surface area contributed by atoms with Crippen LogP contribution in [-0.2, 0) is 116 Å². The van der Waals surface area contributed by atoms with Gasteiger partial charge in [-0.2, -0.15) is 27.1 Å². The maximum absolute atomic E-state index is 13.8. The van der Waals surface area contributed by atoms with Gasteiger partial charge in [0, 0.05) is 175 Å². The Kier molecular flexibility index (Phi) is 55.1. The number of carbonyl (C=O) groups is 6. The maximum Gasteiger partial charge on any atom is 0.534 e. The number of rotatable bonds is 18. The number of ketones is 5. The molecule has 7 aromatic rings. The van der Waals surface area contributed by atoms with Crippen LogP contribution >= 0.6 is 0 Å². The number of aromatic nitrogens is 2. The molecule has 48 nitrogen and oxygen atoms in total. The molecule has 6 fully saturated rings. The number of piperazine rings is 2. The van der Waals surface area contributed by atoms with E-state index in [2.05, 4.69) is 76.3 Å². The Morgan fingerprint density at radius 3 is 1.50 bits per heavy atom. The summed E-state index contributed by atoms with van der Waals surface area (Å²) in [6, 6.07) is 16.7. The predicted octanol–water partition coefficient (Wildman–Crippen LogP) is 10.2. The molecule has 0 spiro atoms. The highest BCUT2D eigenvalue weighted by Crippen LogP contribution is 2.34. The normalized spacial score (nSPS) is 17.4. The summed E-state index contributed by atoms with van der Waals surface area (Å²) in [5.41, 5.74) is 32.4. The van der Waals surface area contributed by atoms with E-state index in [1.54, 1.807) is 40.4 Å². The van der Waals surface area contributed by atoms with Crippen molar-refractivity contribution in [3.63, 3.8) is 0 Å². The number of nitrogens with one attached hydrogen (secondary N) is 4. The van der Waals surface area contributed by atoms with E-state index < -0.39 is 56.2 Å². The first-order valence-electron chi connectivity index (χ1n) is 43.9. The number of esters is 1. The molecule has 2 atom stereocenters. The fraction of sp³-hybridized carbons (Fsp3) is 0.529. The van der Waals surface area contributed by atoms with Gasteiger partial charge in [-0.1, -0.05) is 17.4 Å². The molecule has 141 heavy (non-hydrogen) atoms. The number of carbonyl (C=O) groups excluding carboxylic acids is 6. The van der Waals surface area contributed by atoms with Crippen molar-refractivity contribution < 1.29 is 120 Å². The Morgan fingerprint density at radius 1 is 0.603 bits per heavy atom. The van der Waals surface area contributed by atoms with Gasteiger partial charge < -0.3 is 104 Å². The SMILES string of the molecule is C1=C(N2CCCC2)CCOC1.CC(=O)C1COCCC1=O.COC(=O)CC(=O)C1COCCC1=O.N.N.N#N.N=N/N=N/N.NCCCN1CCN(c2nccc3ccc(F)cc23)CC1.O=C1CCOCC1.O=c1cc(NCCCN2CCN(c3nccc4ccc(F)cc34)CC2)c2c(o1)CCOC2.O=c1cc(O)c2c(o1)CCOC2.O=c1cc(OS(=O)(=O)C(F)(F)F)c2c(o1)CCOC2.[N-]=[N+]=N.[N-]=[N+]=N. The number of aromatic hydroxyl groups is 1. The van der Waals surface area contributed by atoms with E-state index in [1.807, 2.05) is 18.2 Å². The van der Waals surface area contributed by atoms with Crippen molar-refractivity contribution in [2.45, 2.75) is 116 Å². The van der Waals surface area contributed by atoms with Crippen LogP contribution in [0, 0.1) is 50.8 Å². The topological polar surface area (TPSA) is 736 Å². The van der Waals surface area contributed by atoms with Crippen molar-refractivity contribution in [3.8, 4) is 11.5 Å². The van der Waals surface area contributed by atoms with Gasteiger partial charge in [-0.25, -0.2) is 33.1 Å². The lowest BCUT2D eigenvalue weighted by molar-refractivity contribution is -0.147. The first-order valence-corrected chi connectivity index (χ1v) is 45.3. The molecule has 2 unspecified atom stereocenters. The number of Topliss-reactive ketones (excluding diaryl/α,β-unsaturated/α-hetero) is 5. The minimum atomic E-state index is -5.84. The zero-order valence-electron chi connectivity index (χ0n) is 78.1. The smallest absolute Gasteiger partial charge is 0.507 e. The van der Waals surface area contributed by atoms with E-state index in [4.69, 9.17) is 90.6 Å². The van der Waals surface area contributed by atoms with Gasteiger partial charge in [0.25, 0.3) is 0 Å². The fourth-order valence-corrected chi connectivity index (χ4v) is 15.3. The van der Waals surface area contributed by atoms with Crippen LogP contribution in [0.5, 0.6) is 11.5 Å². The number of fused-ring (bicyclic) bond motifs is 5. The summed E-state index contributed by atoms with van der Waals surface area (Å²) in [5, 5.41) is 36.2. The number of alkyl halides is 3. The Labute approximate surface area is 805 Å².